The van der Waals surface area contributed by atoms with E-state index < -0.39 is 0 Å². The zero-order valence-corrected chi connectivity index (χ0v) is 15.6. The lowest BCUT2D eigenvalue weighted by Crippen LogP contribution is -2.50. The fourth-order valence-corrected chi connectivity index (χ4v) is 4.84. The summed E-state index contributed by atoms with van der Waals surface area (Å²) < 4.78 is 0.637. The minimum atomic E-state index is -0.0784. The molecule has 0 spiro atoms. The Kier molecular flexibility index (Phi) is 6.22. The Hall–Kier alpha value is -0.670. The van der Waals surface area contributed by atoms with Crippen LogP contribution in [0.25, 0.3) is 0 Å². The maximum absolute atomic E-state index is 12.6. The number of ketones is 1. The van der Waals surface area contributed by atoms with E-state index in [-0.39, 0.29) is 11.7 Å². The van der Waals surface area contributed by atoms with Crippen molar-refractivity contribution in [2.75, 3.05) is 53.4 Å². The van der Waals surface area contributed by atoms with Gasteiger partial charge in [0.2, 0.25) is 0 Å². The Morgan fingerprint density at radius 3 is 2.27 bits per heavy atom. The van der Waals surface area contributed by atoms with Gasteiger partial charge in [0.15, 0.2) is 5.78 Å². The van der Waals surface area contributed by atoms with Crippen molar-refractivity contribution in [3.05, 3.63) is 12.9 Å². The molecule has 1 aliphatic rings. The summed E-state index contributed by atoms with van der Waals surface area (Å²) in [6.07, 6.45) is 0. The molecule has 0 aliphatic carbocycles. The van der Waals surface area contributed by atoms with E-state index in [1.807, 2.05) is 4.90 Å². The summed E-state index contributed by atoms with van der Waals surface area (Å²) in [7, 11) is 4.13. The molecule has 0 saturated carbocycles. The monoisotopic (exact) mass is 359 g/mol. The molecule has 1 fully saturated rings. The van der Waals surface area contributed by atoms with Gasteiger partial charge in [-0.3, -0.25) is 14.5 Å². The van der Waals surface area contributed by atoms with Gasteiger partial charge in [0.05, 0.1) is 4.88 Å². The smallest absolute Gasteiger partial charge is 0.265 e. The average molecular weight is 360 g/mol. The number of Topliss-reactive ketones (excluding diaryl/α,β-unsaturated/α-hetero) is 1. The van der Waals surface area contributed by atoms with Crippen molar-refractivity contribution in [2.24, 2.45) is 0 Å². The number of carbonyl (C=O) groups is 2. The highest BCUT2D eigenvalue weighted by Gasteiger charge is 2.26. The number of carbonyl (C=O) groups excluding carboxylic acids is 2. The fraction of sp³-hybridized carbons (Fsp3) is 0.643. The summed E-state index contributed by atoms with van der Waals surface area (Å²) >= 11 is 7.65. The van der Waals surface area contributed by atoms with Gasteiger partial charge in [-0.25, -0.2) is 0 Å². The third-order valence-electron chi connectivity index (χ3n) is 3.61. The van der Waals surface area contributed by atoms with Crippen LogP contribution < -0.4 is 0 Å². The van der Waals surface area contributed by atoms with E-state index >= 15 is 0 Å². The number of hydrogen-bond acceptors (Lipinski definition) is 7. The fourth-order valence-electron chi connectivity index (χ4n) is 2.31. The van der Waals surface area contributed by atoms with Gasteiger partial charge in [0, 0.05) is 46.2 Å². The lowest BCUT2D eigenvalue weighted by molar-refractivity contribution is 0.0632. The van der Waals surface area contributed by atoms with Crippen LogP contribution >= 0.6 is 34.9 Å². The van der Waals surface area contributed by atoms with Gasteiger partial charge in [0.1, 0.15) is 8.01 Å². The van der Waals surface area contributed by atoms with Crippen LogP contribution in [0.2, 0.25) is 0 Å². The second-order valence-electron chi connectivity index (χ2n) is 5.61. The van der Waals surface area contributed by atoms with Crippen LogP contribution in [-0.2, 0) is 0 Å². The zero-order chi connectivity index (χ0) is 16.3. The number of nitrogens with zero attached hydrogens (tertiary/aromatic N) is 3. The van der Waals surface area contributed by atoms with Gasteiger partial charge >= 0.3 is 0 Å². The summed E-state index contributed by atoms with van der Waals surface area (Å²) in [5.74, 6) is -0.125. The minimum Gasteiger partial charge on any atom is -0.335 e. The van der Waals surface area contributed by atoms with E-state index in [1.54, 1.807) is 0 Å². The number of likely N-dealkylation sites (N-methyl/N-ethyl adjacent to an activating group) is 1. The first-order valence-corrected chi connectivity index (χ1v) is 9.24. The number of rotatable bonds is 5. The molecule has 0 N–H and O–H groups in total. The summed E-state index contributed by atoms with van der Waals surface area (Å²) in [5.41, 5.74) is 0. The molecule has 1 aromatic heterocycles. The molecule has 1 amide bonds. The molecule has 0 atom stereocenters. The highest BCUT2D eigenvalue weighted by Crippen LogP contribution is 2.27. The van der Waals surface area contributed by atoms with Crippen molar-refractivity contribution in [3.8, 4) is 0 Å². The van der Waals surface area contributed by atoms with Crippen LogP contribution in [0.1, 0.15) is 26.3 Å². The first-order chi connectivity index (χ1) is 10.4. The third kappa shape index (κ3) is 4.42. The Morgan fingerprint density at radius 2 is 1.73 bits per heavy atom. The molecule has 22 heavy (non-hydrogen) atoms. The molecule has 1 saturated heterocycles. The van der Waals surface area contributed by atoms with E-state index in [0.29, 0.717) is 26.0 Å². The maximum Gasteiger partial charge on any atom is 0.265 e. The molecule has 5 nitrogen and oxygen atoms in total. The molecule has 1 aliphatic heterocycles. The van der Waals surface area contributed by atoms with E-state index in [9.17, 15) is 9.59 Å². The quantitative estimate of drug-likeness (QED) is 0.595. The van der Waals surface area contributed by atoms with Gasteiger partial charge in [-0.05, 0) is 14.1 Å². The van der Waals surface area contributed by atoms with E-state index in [1.165, 1.54) is 29.6 Å². The van der Waals surface area contributed by atoms with Gasteiger partial charge in [-0.1, -0.05) is 12.2 Å². The van der Waals surface area contributed by atoms with Gasteiger partial charge in [-0.15, -0.1) is 22.7 Å². The van der Waals surface area contributed by atoms with Crippen LogP contribution in [0.5, 0.6) is 0 Å². The van der Waals surface area contributed by atoms with Gasteiger partial charge in [-0.2, -0.15) is 0 Å². The van der Waals surface area contributed by atoms with Crippen molar-refractivity contribution in [2.45, 2.75) is 6.92 Å². The van der Waals surface area contributed by atoms with Gasteiger partial charge in [0.25, 0.3) is 5.91 Å². The number of hydrogen-bond donors (Lipinski definition) is 0. The summed E-state index contributed by atoms with van der Waals surface area (Å²) in [4.78, 5) is 31.7. The molecule has 8 heteroatoms. The van der Waals surface area contributed by atoms with Crippen molar-refractivity contribution >= 4 is 46.6 Å². The standard InChI is InChI=1S/C14H21N3O2S3/c1-10(18)11-12(22-14(20)21-11)13(19)17-8-6-16(7-9-17)5-4-15(2)3/h4-9H2,1-3H3. The summed E-state index contributed by atoms with van der Waals surface area (Å²) in [5, 5.41) is 0. The molecule has 2 heterocycles. The number of piperazine rings is 1. The molecule has 1 aromatic rings. The highest BCUT2D eigenvalue weighted by molar-refractivity contribution is 7.76. The van der Waals surface area contributed by atoms with Crippen molar-refractivity contribution in [3.63, 3.8) is 0 Å². The van der Waals surface area contributed by atoms with E-state index in [2.05, 4.69) is 23.9 Å². The molecule has 0 unspecified atom stereocenters. The van der Waals surface area contributed by atoms with Gasteiger partial charge < -0.3 is 9.80 Å². The summed E-state index contributed by atoms with van der Waals surface area (Å²) in [6, 6.07) is 0. The Bertz CT molecular complexity index is 601. The molecule has 2 rings (SSSR count). The first-order valence-electron chi connectivity index (χ1n) is 7.19. The zero-order valence-electron chi connectivity index (χ0n) is 13.1. The third-order valence-corrected chi connectivity index (χ3v) is 6.36. The average Bonchev–Trinajstić information content (AvgIpc) is 2.87. The lowest BCUT2D eigenvalue weighted by atomic mass is 10.2. The largest absolute Gasteiger partial charge is 0.335 e. The Balaban J connectivity index is 1.98. The van der Waals surface area contributed by atoms with Crippen LogP contribution in [-0.4, -0.2) is 79.8 Å². The topological polar surface area (TPSA) is 43.9 Å². The normalized spacial score (nSPS) is 16.3. The molecule has 122 valence electrons. The van der Waals surface area contributed by atoms with E-state index in [4.69, 9.17) is 12.2 Å². The predicted molar refractivity (Wildman–Crippen MR) is 93.9 cm³/mol. The van der Waals surface area contributed by atoms with Crippen molar-refractivity contribution < 1.29 is 9.59 Å². The van der Waals surface area contributed by atoms with Crippen LogP contribution in [0.4, 0.5) is 0 Å². The van der Waals surface area contributed by atoms with Crippen molar-refractivity contribution in [1.82, 2.24) is 14.7 Å². The summed E-state index contributed by atoms with van der Waals surface area (Å²) in [6.45, 7) is 6.70. The SMILES string of the molecule is CC(=O)c1sc(=S)sc1C(=O)N1CCN(CCN(C)C)CC1. The van der Waals surface area contributed by atoms with Crippen LogP contribution in [0, 0.1) is 3.14 Å². The number of amides is 1. The molecule has 0 aromatic carbocycles. The molecule has 0 bridgehead atoms. The lowest BCUT2D eigenvalue weighted by Gasteiger charge is -2.35. The predicted octanol–water partition coefficient (Wildman–Crippen LogP) is 2.06. The second-order valence-corrected chi connectivity index (χ2v) is 8.83. The van der Waals surface area contributed by atoms with Crippen LogP contribution in [0.3, 0.4) is 0 Å². The van der Waals surface area contributed by atoms with Crippen LogP contribution in [0.15, 0.2) is 0 Å². The molecular weight excluding hydrogens is 338 g/mol. The highest BCUT2D eigenvalue weighted by atomic mass is 32.2. The minimum absolute atomic E-state index is 0.0465. The Labute approximate surface area is 144 Å². The Morgan fingerprint density at radius 1 is 1.14 bits per heavy atom. The maximum atomic E-state index is 12.6. The second kappa shape index (κ2) is 7.74. The molecular formula is C14H21N3O2S3. The van der Waals surface area contributed by atoms with Crippen molar-refractivity contribution in [1.29, 1.82) is 0 Å². The first kappa shape index (κ1) is 17.7. The molecule has 0 radical (unpaired) electrons. The van der Waals surface area contributed by atoms with E-state index in [0.717, 1.165) is 26.2 Å².